The van der Waals surface area contributed by atoms with Crippen LogP contribution in [0.1, 0.15) is 23.3 Å². The summed E-state index contributed by atoms with van der Waals surface area (Å²) >= 11 is 0. The third-order valence-electron chi connectivity index (χ3n) is 1.83. The number of amides is 1. The molecule has 1 aromatic heterocycles. The van der Waals surface area contributed by atoms with Crippen molar-refractivity contribution < 1.29 is 14.3 Å². The monoisotopic (exact) mass is 197 g/mol. The fourth-order valence-electron chi connectivity index (χ4n) is 0.956. The first-order valence-corrected chi connectivity index (χ1v) is 3.98. The summed E-state index contributed by atoms with van der Waals surface area (Å²) in [5.74, 6) is -1.00. The molecule has 0 bridgehead atoms. The topological polar surface area (TPSA) is 87.2 Å². The molecule has 6 nitrogen and oxygen atoms in total. The maximum atomic E-state index is 11.1. The normalized spacial score (nSPS) is 12.1. The van der Waals surface area contributed by atoms with Crippen LogP contribution in [0.25, 0.3) is 0 Å². The fraction of sp³-hybridized carbons (Fsp3) is 0.375. The van der Waals surface area contributed by atoms with E-state index in [1.165, 1.54) is 24.2 Å². The third kappa shape index (κ3) is 1.90. The molecule has 0 saturated heterocycles. The SMILES string of the molecule is COC(=O)C(C)n1cc(C(N)=O)cn1. The molecule has 1 rings (SSSR count). The number of carbonyl (C=O) groups excluding carboxylic acids is 2. The second-order valence-electron chi connectivity index (χ2n) is 2.77. The van der Waals surface area contributed by atoms with Gasteiger partial charge in [0.15, 0.2) is 0 Å². The number of methoxy groups -OCH3 is 1. The molecule has 0 aromatic carbocycles. The van der Waals surface area contributed by atoms with Gasteiger partial charge in [0.25, 0.3) is 5.91 Å². The summed E-state index contributed by atoms with van der Waals surface area (Å²) in [7, 11) is 1.29. The molecule has 0 radical (unpaired) electrons. The lowest BCUT2D eigenvalue weighted by Gasteiger charge is -2.08. The van der Waals surface area contributed by atoms with Gasteiger partial charge in [-0.3, -0.25) is 9.48 Å². The molecule has 0 saturated carbocycles. The second kappa shape index (κ2) is 3.91. The second-order valence-corrected chi connectivity index (χ2v) is 2.77. The summed E-state index contributed by atoms with van der Waals surface area (Å²) in [6.07, 6.45) is 2.71. The van der Waals surface area contributed by atoms with Crippen LogP contribution in [0.4, 0.5) is 0 Å². The van der Waals surface area contributed by atoms with Crippen LogP contribution in [0.2, 0.25) is 0 Å². The molecule has 0 aliphatic heterocycles. The molecule has 1 heterocycles. The van der Waals surface area contributed by atoms with Crippen LogP contribution in [-0.2, 0) is 9.53 Å². The van der Waals surface area contributed by atoms with E-state index in [1.807, 2.05) is 0 Å². The van der Waals surface area contributed by atoms with Gasteiger partial charge >= 0.3 is 5.97 Å². The lowest BCUT2D eigenvalue weighted by Crippen LogP contribution is -2.18. The Bertz CT molecular complexity index is 358. The van der Waals surface area contributed by atoms with E-state index in [1.54, 1.807) is 6.92 Å². The number of esters is 1. The van der Waals surface area contributed by atoms with Crippen LogP contribution in [-0.4, -0.2) is 28.8 Å². The van der Waals surface area contributed by atoms with E-state index < -0.39 is 17.9 Å². The van der Waals surface area contributed by atoms with E-state index in [9.17, 15) is 9.59 Å². The fourth-order valence-corrected chi connectivity index (χ4v) is 0.956. The molecule has 1 unspecified atom stereocenters. The molecule has 14 heavy (non-hydrogen) atoms. The van der Waals surface area contributed by atoms with E-state index in [-0.39, 0.29) is 5.56 Å². The van der Waals surface area contributed by atoms with Gasteiger partial charge in [0.1, 0.15) is 6.04 Å². The molecule has 1 atom stereocenters. The molecule has 1 aromatic rings. The van der Waals surface area contributed by atoms with Gasteiger partial charge in [0, 0.05) is 6.20 Å². The molecule has 0 aliphatic rings. The number of nitrogens with two attached hydrogens (primary N) is 1. The van der Waals surface area contributed by atoms with E-state index in [4.69, 9.17) is 5.73 Å². The van der Waals surface area contributed by atoms with Crippen molar-refractivity contribution in [2.45, 2.75) is 13.0 Å². The molecule has 0 aliphatic carbocycles. The minimum Gasteiger partial charge on any atom is -0.467 e. The number of carbonyl (C=O) groups is 2. The molecule has 0 spiro atoms. The Morgan fingerprint density at radius 3 is 2.71 bits per heavy atom. The smallest absolute Gasteiger partial charge is 0.330 e. The molecule has 6 heteroatoms. The van der Waals surface area contributed by atoms with Crippen LogP contribution in [0.15, 0.2) is 12.4 Å². The predicted molar refractivity (Wildman–Crippen MR) is 47.5 cm³/mol. The van der Waals surface area contributed by atoms with Crippen molar-refractivity contribution in [1.82, 2.24) is 9.78 Å². The largest absolute Gasteiger partial charge is 0.467 e. The Morgan fingerprint density at radius 2 is 2.29 bits per heavy atom. The molecule has 2 N–H and O–H groups in total. The lowest BCUT2D eigenvalue weighted by molar-refractivity contribution is -0.144. The third-order valence-corrected chi connectivity index (χ3v) is 1.83. The minimum absolute atomic E-state index is 0.265. The van der Waals surface area contributed by atoms with E-state index in [0.717, 1.165) is 0 Å². The van der Waals surface area contributed by atoms with Crippen molar-refractivity contribution in [1.29, 1.82) is 0 Å². The average molecular weight is 197 g/mol. The maximum Gasteiger partial charge on any atom is 0.330 e. The average Bonchev–Trinajstić information content (AvgIpc) is 2.64. The zero-order valence-corrected chi connectivity index (χ0v) is 7.93. The molecular weight excluding hydrogens is 186 g/mol. The summed E-state index contributed by atoms with van der Waals surface area (Å²) in [5.41, 5.74) is 5.29. The van der Waals surface area contributed by atoms with Gasteiger partial charge in [-0.15, -0.1) is 0 Å². The lowest BCUT2D eigenvalue weighted by atomic mass is 10.3. The number of primary amides is 1. The van der Waals surface area contributed by atoms with Gasteiger partial charge in [0.2, 0.25) is 0 Å². The standard InChI is InChI=1S/C8H11N3O3/c1-5(8(13)14-2)11-4-6(3-10-11)7(9)12/h3-5H,1-2H3,(H2,9,12). The van der Waals surface area contributed by atoms with Gasteiger partial charge in [-0.05, 0) is 6.92 Å². The zero-order valence-electron chi connectivity index (χ0n) is 7.93. The van der Waals surface area contributed by atoms with Crippen molar-refractivity contribution in [3.05, 3.63) is 18.0 Å². The van der Waals surface area contributed by atoms with E-state index in [0.29, 0.717) is 0 Å². The Kier molecular flexibility index (Phi) is 2.85. The summed E-state index contributed by atoms with van der Waals surface area (Å²) in [6.45, 7) is 1.61. The van der Waals surface area contributed by atoms with Crippen molar-refractivity contribution in [3.8, 4) is 0 Å². The minimum atomic E-state index is -0.576. The van der Waals surface area contributed by atoms with Gasteiger partial charge in [-0.1, -0.05) is 0 Å². The van der Waals surface area contributed by atoms with Crippen LogP contribution in [0.5, 0.6) is 0 Å². The number of ether oxygens (including phenoxy) is 1. The molecular formula is C8H11N3O3. The summed E-state index contributed by atoms with van der Waals surface area (Å²) in [5, 5.41) is 3.82. The maximum absolute atomic E-state index is 11.1. The van der Waals surface area contributed by atoms with Crippen molar-refractivity contribution >= 4 is 11.9 Å². The summed E-state index contributed by atoms with van der Waals surface area (Å²) < 4.78 is 5.85. The van der Waals surface area contributed by atoms with Gasteiger partial charge in [-0.2, -0.15) is 5.10 Å². The van der Waals surface area contributed by atoms with Crippen LogP contribution < -0.4 is 5.73 Å². The number of aromatic nitrogens is 2. The van der Waals surface area contributed by atoms with Gasteiger partial charge in [-0.25, -0.2) is 4.79 Å². The zero-order chi connectivity index (χ0) is 10.7. The first-order chi connectivity index (χ1) is 6.56. The van der Waals surface area contributed by atoms with E-state index >= 15 is 0 Å². The van der Waals surface area contributed by atoms with Gasteiger partial charge in [0.05, 0.1) is 18.9 Å². The number of rotatable bonds is 3. The highest BCUT2D eigenvalue weighted by Gasteiger charge is 2.16. The van der Waals surface area contributed by atoms with Crippen molar-refractivity contribution in [2.75, 3.05) is 7.11 Å². The Hall–Kier alpha value is -1.85. The molecule has 76 valence electrons. The quantitative estimate of drug-likeness (QED) is 0.675. The Morgan fingerprint density at radius 1 is 1.64 bits per heavy atom. The van der Waals surface area contributed by atoms with Gasteiger partial charge < -0.3 is 10.5 Å². The first-order valence-electron chi connectivity index (χ1n) is 3.98. The Balaban J connectivity index is 2.86. The molecule has 0 fully saturated rings. The number of hydrogen-bond donors (Lipinski definition) is 1. The highest BCUT2D eigenvalue weighted by atomic mass is 16.5. The van der Waals surface area contributed by atoms with Crippen LogP contribution >= 0.6 is 0 Å². The first kappa shape index (κ1) is 10.2. The van der Waals surface area contributed by atoms with Crippen LogP contribution in [0.3, 0.4) is 0 Å². The predicted octanol–water partition coefficient (Wildman–Crippen LogP) is -0.284. The number of nitrogens with zero attached hydrogens (tertiary/aromatic N) is 2. The molecule has 1 amide bonds. The summed E-state index contributed by atoms with van der Waals surface area (Å²) in [4.78, 5) is 21.8. The van der Waals surface area contributed by atoms with E-state index in [2.05, 4.69) is 9.84 Å². The summed E-state index contributed by atoms with van der Waals surface area (Å²) in [6, 6.07) is -0.562. The van der Waals surface area contributed by atoms with Crippen molar-refractivity contribution in [3.63, 3.8) is 0 Å². The van der Waals surface area contributed by atoms with Crippen molar-refractivity contribution in [2.24, 2.45) is 5.73 Å². The number of hydrogen-bond acceptors (Lipinski definition) is 4. The Labute approximate surface area is 80.6 Å². The highest BCUT2D eigenvalue weighted by molar-refractivity contribution is 5.92. The van der Waals surface area contributed by atoms with Crippen LogP contribution in [0, 0.1) is 0 Å². The highest BCUT2D eigenvalue weighted by Crippen LogP contribution is 2.07.